The van der Waals surface area contributed by atoms with E-state index in [9.17, 15) is 0 Å². The lowest BCUT2D eigenvalue weighted by molar-refractivity contribution is 0.192. The molecule has 0 bridgehead atoms. The van der Waals surface area contributed by atoms with Crippen molar-refractivity contribution in [3.05, 3.63) is 29.8 Å². The van der Waals surface area contributed by atoms with E-state index in [4.69, 9.17) is 10.5 Å². The molecular weight excluding hydrogens is 254 g/mol. The zero-order chi connectivity index (χ0) is 13.3. The van der Waals surface area contributed by atoms with Gasteiger partial charge in [-0.25, -0.2) is 0 Å². The largest absolute Gasteiger partial charge is 0.490 e. The van der Waals surface area contributed by atoms with E-state index in [2.05, 4.69) is 31.2 Å². The molecule has 104 valence electrons. The maximum atomic E-state index is 6.12. The first kappa shape index (κ1) is 13.3. The highest BCUT2D eigenvalue weighted by Gasteiger charge is 2.47. The number of benzene rings is 1. The minimum atomic E-state index is 0.245. The molecule has 0 aromatic heterocycles. The zero-order valence-electron chi connectivity index (χ0n) is 11.6. The third-order valence-corrected chi connectivity index (χ3v) is 5.61. The first-order valence-corrected chi connectivity index (χ1v) is 8.47. The minimum Gasteiger partial charge on any atom is -0.490 e. The SMILES string of the molecule is CC(N)C1(c2ccc(OC3CCSCC3)cc2)CC1. The Morgan fingerprint density at radius 3 is 2.37 bits per heavy atom. The molecule has 1 heterocycles. The van der Waals surface area contributed by atoms with Crippen LogP contribution in [-0.4, -0.2) is 23.7 Å². The molecule has 1 atom stereocenters. The number of hydrogen-bond donors (Lipinski definition) is 1. The molecule has 1 saturated carbocycles. The number of rotatable bonds is 4. The lowest BCUT2D eigenvalue weighted by Crippen LogP contribution is -2.31. The van der Waals surface area contributed by atoms with Gasteiger partial charge < -0.3 is 10.5 Å². The van der Waals surface area contributed by atoms with E-state index < -0.39 is 0 Å². The van der Waals surface area contributed by atoms with Gasteiger partial charge in [-0.2, -0.15) is 11.8 Å². The van der Waals surface area contributed by atoms with Gasteiger partial charge in [0.05, 0.1) is 0 Å². The summed E-state index contributed by atoms with van der Waals surface area (Å²) in [5, 5.41) is 0. The van der Waals surface area contributed by atoms with Crippen molar-refractivity contribution in [2.45, 2.75) is 50.2 Å². The molecular formula is C16H23NOS. The molecule has 2 fully saturated rings. The Bertz CT molecular complexity index is 419. The molecule has 0 spiro atoms. The molecule has 1 aliphatic carbocycles. The van der Waals surface area contributed by atoms with Crippen LogP contribution in [0, 0.1) is 0 Å². The van der Waals surface area contributed by atoms with Crippen molar-refractivity contribution < 1.29 is 4.74 Å². The zero-order valence-corrected chi connectivity index (χ0v) is 12.4. The fraction of sp³-hybridized carbons (Fsp3) is 0.625. The summed E-state index contributed by atoms with van der Waals surface area (Å²) in [4.78, 5) is 0. The lowest BCUT2D eigenvalue weighted by atomic mass is 9.89. The molecule has 1 aromatic rings. The van der Waals surface area contributed by atoms with E-state index in [0.29, 0.717) is 6.10 Å². The average Bonchev–Trinajstić information content (AvgIpc) is 3.22. The van der Waals surface area contributed by atoms with Gasteiger partial charge in [0.1, 0.15) is 11.9 Å². The van der Waals surface area contributed by atoms with Crippen LogP contribution in [0.2, 0.25) is 0 Å². The molecule has 1 saturated heterocycles. The van der Waals surface area contributed by atoms with Gasteiger partial charge in [-0.05, 0) is 61.8 Å². The second kappa shape index (κ2) is 5.37. The van der Waals surface area contributed by atoms with Crippen molar-refractivity contribution in [2.24, 2.45) is 5.73 Å². The Hall–Kier alpha value is -0.670. The Balaban J connectivity index is 1.66. The third-order valence-electron chi connectivity index (χ3n) is 4.56. The summed E-state index contributed by atoms with van der Waals surface area (Å²) in [6.45, 7) is 2.12. The van der Waals surface area contributed by atoms with Gasteiger partial charge in [-0.15, -0.1) is 0 Å². The maximum absolute atomic E-state index is 6.12. The van der Waals surface area contributed by atoms with Crippen LogP contribution in [0.4, 0.5) is 0 Å². The third kappa shape index (κ3) is 2.77. The van der Waals surface area contributed by atoms with Crippen molar-refractivity contribution in [1.29, 1.82) is 0 Å². The van der Waals surface area contributed by atoms with Crippen LogP contribution in [0.15, 0.2) is 24.3 Å². The summed E-state index contributed by atoms with van der Waals surface area (Å²) in [5.41, 5.74) is 7.75. The van der Waals surface area contributed by atoms with E-state index >= 15 is 0 Å². The quantitative estimate of drug-likeness (QED) is 0.917. The molecule has 1 aliphatic heterocycles. The minimum absolute atomic E-state index is 0.245. The van der Waals surface area contributed by atoms with Crippen LogP contribution >= 0.6 is 11.8 Å². The Labute approximate surface area is 120 Å². The van der Waals surface area contributed by atoms with E-state index in [0.717, 1.165) is 5.75 Å². The molecule has 3 rings (SSSR count). The Kier molecular flexibility index (Phi) is 3.77. The van der Waals surface area contributed by atoms with Crippen molar-refractivity contribution in [3.63, 3.8) is 0 Å². The van der Waals surface area contributed by atoms with Gasteiger partial charge in [0.25, 0.3) is 0 Å². The summed E-state index contributed by atoms with van der Waals surface area (Å²) < 4.78 is 6.06. The van der Waals surface area contributed by atoms with Crippen molar-refractivity contribution >= 4 is 11.8 Å². The molecule has 0 radical (unpaired) electrons. The van der Waals surface area contributed by atoms with Gasteiger partial charge in [0, 0.05) is 11.5 Å². The second-order valence-electron chi connectivity index (χ2n) is 5.90. The Morgan fingerprint density at radius 2 is 1.84 bits per heavy atom. The Morgan fingerprint density at radius 1 is 1.21 bits per heavy atom. The van der Waals surface area contributed by atoms with Gasteiger partial charge in [-0.1, -0.05) is 12.1 Å². The first-order chi connectivity index (χ1) is 9.21. The summed E-state index contributed by atoms with van der Waals surface area (Å²) in [6, 6.07) is 8.92. The van der Waals surface area contributed by atoms with Crippen LogP contribution in [0.1, 0.15) is 38.2 Å². The summed E-state index contributed by atoms with van der Waals surface area (Å²) in [5.74, 6) is 3.48. The number of hydrogen-bond acceptors (Lipinski definition) is 3. The molecule has 2 N–H and O–H groups in total. The van der Waals surface area contributed by atoms with Gasteiger partial charge in [0.15, 0.2) is 0 Å². The summed E-state index contributed by atoms with van der Waals surface area (Å²) in [7, 11) is 0. The standard InChI is InChI=1S/C16H23NOS/c1-12(17)16(8-9-16)13-2-4-14(5-3-13)18-15-6-10-19-11-7-15/h2-5,12,15H,6-11,17H2,1H3. The highest BCUT2D eigenvalue weighted by molar-refractivity contribution is 7.99. The van der Waals surface area contributed by atoms with Crippen LogP contribution in [0.3, 0.4) is 0 Å². The molecule has 1 unspecified atom stereocenters. The molecule has 1 aromatic carbocycles. The number of thioether (sulfide) groups is 1. The van der Waals surface area contributed by atoms with Crippen molar-refractivity contribution in [3.8, 4) is 5.75 Å². The molecule has 3 heteroatoms. The summed E-state index contributed by atoms with van der Waals surface area (Å²) in [6.07, 6.45) is 5.22. The summed E-state index contributed by atoms with van der Waals surface area (Å²) >= 11 is 2.03. The van der Waals surface area contributed by atoms with Crippen molar-refractivity contribution in [1.82, 2.24) is 0 Å². The van der Waals surface area contributed by atoms with E-state index in [1.54, 1.807) is 0 Å². The van der Waals surface area contributed by atoms with Crippen LogP contribution < -0.4 is 10.5 Å². The normalized spacial score (nSPS) is 23.9. The monoisotopic (exact) mass is 277 g/mol. The smallest absolute Gasteiger partial charge is 0.119 e. The number of ether oxygens (including phenoxy) is 1. The first-order valence-electron chi connectivity index (χ1n) is 7.31. The van der Waals surface area contributed by atoms with E-state index in [1.807, 2.05) is 11.8 Å². The lowest BCUT2D eigenvalue weighted by Gasteiger charge is -2.24. The molecule has 19 heavy (non-hydrogen) atoms. The fourth-order valence-corrected chi connectivity index (χ4v) is 4.06. The molecule has 2 aliphatic rings. The van der Waals surface area contributed by atoms with E-state index in [-0.39, 0.29) is 11.5 Å². The molecule has 0 amide bonds. The van der Waals surface area contributed by atoms with Crippen LogP contribution in [0.5, 0.6) is 5.75 Å². The van der Waals surface area contributed by atoms with Crippen LogP contribution in [-0.2, 0) is 5.41 Å². The van der Waals surface area contributed by atoms with E-state index in [1.165, 1.54) is 42.8 Å². The number of nitrogens with two attached hydrogens (primary N) is 1. The van der Waals surface area contributed by atoms with Crippen molar-refractivity contribution in [2.75, 3.05) is 11.5 Å². The second-order valence-corrected chi connectivity index (χ2v) is 7.12. The molecule has 2 nitrogen and oxygen atoms in total. The van der Waals surface area contributed by atoms with Crippen LogP contribution in [0.25, 0.3) is 0 Å². The van der Waals surface area contributed by atoms with Gasteiger partial charge in [-0.3, -0.25) is 0 Å². The highest BCUT2D eigenvalue weighted by Crippen LogP contribution is 2.50. The highest BCUT2D eigenvalue weighted by atomic mass is 32.2. The fourth-order valence-electron chi connectivity index (χ4n) is 2.99. The van der Waals surface area contributed by atoms with Gasteiger partial charge >= 0.3 is 0 Å². The van der Waals surface area contributed by atoms with Gasteiger partial charge in [0.2, 0.25) is 0 Å². The maximum Gasteiger partial charge on any atom is 0.119 e. The predicted octanol–water partition coefficient (Wildman–Crippen LogP) is 3.34. The average molecular weight is 277 g/mol. The predicted molar refractivity (Wildman–Crippen MR) is 82.0 cm³/mol. The topological polar surface area (TPSA) is 35.2 Å².